The molecule has 1 aliphatic heterocycles. The SMILES string of the molecule is COC(=O)CCCCCCC1CNC(=O)N1. The molecule has 2 N–H and O–H groups in total. The largest absolute Gasteiger partial charge is 0.469 e. The second-order valence-electron chi connectivity index (χ2n) is 4.08. The average Bonchev–Trinajstić information content (AvgIpc) is 2.69. The molecule has 1 aliphatic rings. The predicted molar refractivity (Wildman–Crippen MR) is 60.0 cm³/mol. The van der Waals surface area contributed by atoms with Crippen molar-refractivity contribution < 1.29 is 14.3 Å². The van der Waals surface area contributed by atoms with Crippen LogP contribution in [-0.4, -0.2) is 31.7 Å². The first-order chi connectivity index (χ1) is 7.72. The van der Waals surface area contributed by atoms with Crippen LogP contribution in [0.5, 0.6) is 0 Å². The monoisotopic (exact) mass is 228 g/mol. The standard InChI is InChI=1S/C11H20N2O3/c1-16-10(14)7-5-3-2-4-6-9-8-12-11(15)13-9/h9H,2-8H2,1H3,(H2,12,13,15). The molecule has 1 fully saturated rings. The molecular formula is C11H20N2O3. The Morgan fingerprint density at radius 2 is 2.12 bits per heavy atom. The third-order valence-electron chi connectivity index (χ3n) is 2.76. The molecule has 5 nitrogen and oxygen atoms in total. The van der Waals surface area contributed by atoms with Gasteiger partial charge in [0.1, 0.15) is 0 Å². The summed E-state index contributed by atoms with van der Waals surface area (Å²) in [5, 5.41) is 5.58. The van der Waals surface area contributed by atoms with Gasteiger partial charge < -0.3 is 15.4 Å². The highest BCUT2D eigenvalue weighted by Crippen LogP contribution is 2.09. The van der Waals surface area contributed by atoms with Crippen molar-refractivity contribution in [2.75, 3.05) is 13.7 Å². The van der Waals surface area contributed by atoms with E-state index >= 15 is 0 Å². The van der Waals surface area contributed by atoms with Crippen LogP contribution >= 0.6 is 0 Å². The molecule has 0 aromatic carbocycles. The molecule has 16 heavy (non-hydrogen) atoms. The zero-order valence-corrected chi connectivity index (χ0v) is 9.75. The van der Waals surface area contributed by atoms with Crippen LogP contribution in [0.2, 0.25) is 0 Å². The normalized spacial score (nSPS) is 19.1. The van der Waals surface area contributed by atoms with Crippen molar-refractivity contribution in [2.45, 2.75) is 44.6 Å². The van der Waals surface area contributed by atoms with Gasteiger partial charge >= 0.3 is 12.0 Å². The fourth-order valence-corrected chi connectivity index (χ4v) is 1.79. The van der Waals surface area contributed by atoms with Gasteiger partial charge in [-0.3, -0.25) is 4.79 Å². The van der Waals surface area contributed by atoms with Gasteiger partial charge in [-0.15, -0.1) is 0 Å². The number of ether oxygens (including phenoxy) is 1. The molecule has 0 spiro atoms. The van der Waals surface area contributed by atoms with Crippen molar-refractivity contribution in [3.63, 3.8) is 0 Å². The van der Waals surface area contributed by atoms with Crippen LogP contribution in [0.4, 0.5) is 4.79 Å². The zero-order chi connectivity index (χ0) is 11.8. The lowest BCUT2D eigenvalue weighted by Gasteiger charge is -2.07. The maximum atomic E-state index is 10.8. The minimum Gasteiger partial charge on any atom is -0.469 e. The lowest BCUT2D eigenvalue weighted by molar-refractivity contribution is -0.140. The number of urea groups is 1. The fraction of sp³-hybridized carbons (Fsp3) is 0.818. The van der Waals surface area contributed by atoms with E-state index in [1.807, 2.05) is 0 Å². The molecule has 1 heterocycles. The van der Waals surface area contributed by atoms with Crippen LogP contribution in [0.15, 0.2) is 0 Å². The van der Waals surface area contributed by atoms with Crippen LogP contribution in [-0.2, 0) is 9.53 Å². The summed E-state index contributed by atoms with van der Waals surface area (Å²) in [6.45, 7) is 0.737. The lowest BCUT2D eigenvalue weighted by Crippen LogP contribution is -2.26. The van der Waals surface area contributed by atoms with Crippen molar-refractivity contribution in [1.29, 1.82) is 0 Å². The van der Waals surface area contributed by atoms with Gasteiger partial charge in [0.25, 0.3) is 0 Å². The molecule has 0 radical (unpaired) electrons. The second-order valence-corrected chi connectivity index (χ2v) is 4.08. The Morgan fingerprint density at radius 3 is 2.75 bits per heavy atom. The van der Waals surface area contributed by atoms with E-state index in [-0.39, 0.29) is 18.0 Å². The second kappa shape index (κ2) is 7.09. The molecule has 0 aromatic heterocycles. The summed E-state index contributed by atoms with van der Waals surface area (Å²) in [7, 11) is 1.41. The number of amides is 2. The van der Waals surface area contributed by atoms with Crippen LogP contribution in [0.25, 0.3) is 0 Å². The van der Waals surface area contributed by atoms with Crippen molar-refractivity contribution >= 4 is 12.0 Å². The van der Waals surface area contributed by atoms with E-state index in [1.165, 1.54) is 7.11 Å². The number of carbonyl (C=O) groups is 2. The number of unbranched alkanes of at least 4 members (excludes halogenated alkanes) is 3. The zero-order valence-electron chi connectivity index (χ0n) is 9.75. The fourth-order valence-electron chi connectivity index (χ4n) is 1.79. The van der Waals surface area contributed by atoms with Gasteiger partial charge in [0, 0.05) is 19.0 Å². The van der Waals surface area contributed by atoms with Gasteiger partial charge in [0.15, 0.2) is 0 Å². The Morgan fingerprint density at radius 1 is 1.38 bits per heavy atom. The van der Waals surface area contributed by atoms with Gasteiger partial charge in [-0.1, -0.05) is 19.3 Å². The third-order valence-corrected chi connectivity index (χ3v) is 2.76. The number of rotatable bonds is 7. The maximum absolute atomic E-state index is 10.8. The first-order valence-electron chi connectivity index (χ1n) is 5.83. The number of esters is 1. The Hall–Kier alpha value is -1.26. The topological polar surface area (TPSA) is 67.4 Å². The van der Waals surface area contributed by atoms with E-state index in [0.29, 0.717) is 6.42 Å². The van der Waals surface area contributed by atoms with Gasteiger partial charge in [-0.25, -0.2) is 4.79 Å². The minimum absolute atomic E-state index is 0.0595. The van der Waals surface area contributed by atoms with E-state index in [1.54, 1.807) is 0 Å². The van der Waals surface area contributed by atoms with Crippen molar-refractivity contribution in [2.24, 2.45) is 0 Å². The van der Waals surface area contributed by atoms with E-state index in [2.05, 4.69) is 15.4 Å². The predicted octanol–water partition coefficient (Wildman–Crippen LogP) is 1.18. The molecule has 0 aromatic rings. The Bertz CT molecular complexity index is 243. The Labute approximate surface area is 95.9 Å². The van der Waals surface area contributed by atoms with E-state index in [9.17, 15) is 9.59 Å². The molecule has 1 saturated heterocycles. The van der Waals surface area contributed by atoms with Crippen LogP contribution in [0.3, 0.4) is 0 Å². The molecule has 1 rings (SSSR count). The summed E-state index contributed by atoms with van der Waals surface area (Å²) < 4.78 is 4.56. The number of hydrogen-bond acceptors (Lipinski definition) is 3. The Balaban J connectivity index is 1.88. The summed E-state index contributed by atoms with van der Waals surface area (Å²) >= 11 is 0. The molecule has 92 valence electrons. The van der Waals surface area contributed by atoms with E-state index in [0.717, 1.165) is 38.6 Å². The average molecular weight is 228 g/mol. The quantitative estimate of drug-likeness (QED) is 0.508. The van der Waals surface area contributed by atoms with Crippen LogP contribution < -0.4 is 10.6 Å². The van der Waals surface area contributed by atoms with Crippen LogP contribution in [0.1, 0.15) is 38.5 Å². The molecule has 5 heteroatoms. The molecule has 1 atom stereocenters. The Kier molecular flexibility index (Phi) is 5.67. The number of methoxy groups -OCH3 is 1. The highest BCUT2D eigenvalue weighted by atomic mass is 16.5. The highest BCUT2D eigenvalue weighted by Gasteiger charge is 2.18. The van der Waals surface area contributed by atoms with Crippen molar-refractivity contribution in [3.8, 4) is 0 Å². The molecule has 0 aliphatic carbocycles. The van der Waals surface area contributed by atoms with Gasteiger partial charge in [-0.2, -0.15) is 0 Å². The molecular weight excluding hydrogens is 208 g/mol. The maximum Gasteiger partial charge on any atom is 0.315 e. The van der Waals surface area contributed by atoms with E-state index in [4.69, 9.17) is 0 Å². The smallest absolute Gasteiger partial charge is 0.315 e. The summed E-state index contributed by atoms with van der Waals surface area (Å²) in [5.41, 5.74) is 0. The third kappa shape index (κ3) is 5.00. The van der Waals surface area contributed by atoms with Gasteiger partial charge in [0.05, 0.1) is 7.11 Å². The van der Waals surface area contributed by atoms with Crippen molar-refractivity contribution in [3.05, 3.63) is 0 Å². The first kappa shape index (κ1) is 12.8. The molecule has 2 amide bonds. The molecule has 1 unspecified atom stereocenters. The van der Waals surface area contributed by atoms with Gasteiger partial charge in [-0.05, 0) is 12.8 Å². The minimum atomic E-state index is -0.132. The number of nitrogens with one attached hydrogen (secondary N) is 2. The first-order valence-corrected chi connectivity index (χ1v) is 5.83. The van der Waals surface area contributed by atoms with Gasteiger partial charge in [0.2, 0.25) is 0 Å². The summed E-state index contributed by atoms with van der Waals surface area (Å²) in [4.78, 5) is 21.6. The number of carbonyl (C=O) groups excluding carboxylic acids is 2. The lowest BCUT2D eigenvalue weighted by atomic mass is 10.1. The van der Waals surface area contributed by atoms with E-state index < -0.39 is 0 Å². The molecule has 0 saturated carbocycles. The highest BCUT2D eigenvalue weighted by molar-refractivity contribution is 5.76. The van der Waals surface area contributed by atoms with Crippen molar-refractivity contribution in [1.82, 2.24) is 10.6 Å². The summed E-state index contributed by atoms with van der Waals surface area (Å²) in [6, 6.07) is 0.226. The van der Waals surface area contributed by atoms with Crippen LogP contribution in [0, 0.1) is 0 Å². The summed E-state index contributed by atoms with van der Waals surface area (Å²) in [6.07, 6.45) is 5.65. The number of hydrogen-bond donors (Lipinski definition) is 2. The molecule has 0 bridgehead atoms. The summed E-state index contributed by atoms with van der Waals surface area (Å²) in [5.74, 6) is -0.132.